The summed E-state index contributed by atoms with van der Waals surface area (Å²) in [4.78, 5) is 0. The van der Waals surface area contributed by atoms with Crippen LogP contribution in [0.15, 0.2) is 24.3 Å². The highest BCUT2D eigenvalue weighted by Gasteiger charge is 1.85. The summed E-state index contributed by atoms with van der Waals surface area (Å²) in [5.41, 5.74) is 0. The van der Waals surface area contributed by atoms with E-state index in [4.69, 9.17) is 16.3 Å². The van der Waals surface area contributed by atoms with Crippen molar-refractivity contribution in [3.05, 3.63) is 30.3 Å². The van der Waals surface area contributed by atoms with E-state index in [-0.39, 0.29) is 6.07 Å². The van der Waals surface area contributed by atoms with Gasteiger partial charge >= 0.3 is 0 Å². The smallest absolute Gasteiger partial charge is 0.162 e. The minimum atomic E-state index is 0.192. The van der Waals surface area contributed by atoms with E-state index in [0.29, 0.717) is 0 Å². The van der Waals surface area contributed by atoms with E-state index in [1.54, 1.807) is 12.1 Å². The van der Waals surface area contributed by atoms with Gasteiger partial charge in [0.1, 0.15) is 5.75 Å². The van der Waals surface area contributed by atoms with E-state index in [1.807, 2.05) is 12.1 Å². The Hall–Kier alpha value is -0.690. The van der Waals surface area contributed by atoms with Gasteiger partial charge in [-0.15, -0.1) is 0 Å². The molecule has 9 heavy (non-hydrogen) atoms. The molecule has 1 nitrogen and oxygen atoms in total. The quantitative estimate of drug-likeness (QED) is 0.573. The lowest BCUT2D eigenvalue weighted by Crippen LogP contribution is -1.86. The van der Waals surface area contributed by atoms with Gasteiger partial charge in [-0.2, -0.15) is 0 Å². The summed E-state index contributed by atoms with van der Waals surface area (Å²) in [5.74, 6) is 0.757. The zero-order valence-corrected chi connectivity index (χ0v) is 5.56. The Balaban J connectivity index is 2.61. The third-order valence-corrected chi connectivity index (χ3v) is 1.01. The van der Waals surface area contributed by atoms with Gasteiger partial charge in [0, 0.05) is 0 Å². The maximum atomic E-state index is 5.30. The van der Waals surface area contributed by atoms with E-state index in [0.717, 1.165) is 5.75 Å². The molecule has 0 aliphatic rings. The Morgan fingerprint density at radius 2 is 2.56 bits per heavy atom. The summed E-state index contributed by atoms with van der Waals surface area (Å²) in [6.07, 6.45) is 0. The number of rotatable bonds is 2. The predicted molar refractivity (Wildman–Crippen MR) is 36.6 cm³/mol. The molecular weight excluding hydrogens is 136 g/mol. The number of alkyl halides is 1. The number of hydrogen-bond donors (Lipinski definition) is 0. The molecule has 0 unspecified atom stereocenters. The molecule has 0 spiro atoms. The number of benzene rings is 1. The summed E-state index contributed by atoms with van der Waals surface area (Å²) in [5, 5.41) is 0. The predicted octanol–water partition coefficient (Wildman–Crippen LogP) is 2.06. The molecule has 0 fully saturated rings. The van der Waals surface area contributed by atoms with E-state index < -0.39 is 0 Å². The summed E-state index contributed by atoms with van der Waals surface area (Å²) in [6.45, 7) is 0. The van der Waals surface area contributed by atoms with Crippen molar-refractivity contribution in [2.45, 2.75) is 0 Å². The van der Waals surface area contributed by atoms with E-state index in [9.17, 15) is 0 Å². The van der Waals surface area contributed by atoms with Crippen LogP contribution in [-0.2, 0) is 0 Å². The van der Waals surface area contributed by atoms with Crippen molar-refractivity contribution in [1.82, 2.24) is 0 Å². The molecule has 0 aromatic heterocycles. The van der Waals surface area contributed by atoms with Crippen molar-refractivity contribution in [3.63, 3.8) is 0 Å². The van der Waals surface area contributed by atoms with Crippen molar-refractivity contribution in [2.75, 3.05) is 6.07 Å². The lowest BCUT2D eigenvalue weighted by atomic mass is 10.3. The normalized spacial score (nSPS) is 9.00. The summed E-state index contributed by atoms with van der Waals surface area (Å²) in [6, 6.07) is 10.3. The molecule has 0 amide bonds. The molecule has 0 N–H and O–H groups in total. The van der Waals surface area contributed by atoms with E-state index in [2.05, 4.69) is 6.07 Å². The lowest BCUT2D eigenvalue weighted by Gasteiger charge is -1.97. The second-order valence-corrected chi connectivity index (χ2v) is 1.71. The van der Waals surface area contributed by atoms with Gasteiger partial charge in [-0.1, -0.05) is 23.7 Å². The minimum Gasteiger partial charge on any atom is -0.478 e. The van der Waals surface area contributed by atoms with Crippen LogP contribution in [0.2, 0.25) is 0 Å². The van der Waals surface area contributed by atoms with Gasteiger partial charge in [0.15, 0.2) is 6.07 Å². The van der Waals surface area contributed by atoms with Gasteiger partial charge in [0.2, 0.25) is 0 Å². The molecule has 0 heterocycles. The largest absolute Gasteiger partial charge is 0.478 e. The third kappa shape index (κ3) is 1.94. The average Bonchev–Trinajstić information content (AvgIpc) is 1.91. The fourth-order valence-corrected chi connectivity index (χ4v) is 0.656. The maximum absolute atomic E-state index is 5.30. The van der Waals surface area contributed by atoms with Crippen LogP contribution in [0.3, 0.4) is 0 Å². The monoisotopic (exact) mass is 141 g/mol. The van der Waals surface area contributed by atoms with Crippen LogP contribution in [0.4, 0.5) is 0 Å². The van der Waals surface area contributed by atoms with Crippen molar-refractivity contribution in [3.8, 4) is 5.75 Å². The van der Waals surface area contributed by atoms with Gasteiger partial charge in [0.05, 0.1) is 0 Å². The van der Waals surface area contributed by atoms with E-state index in [1.165, 1.54) is 0 Å². The molecule has 0 aliphatic carbocycles. The number of halogens is 1. The fraction of sp³-hybridized carbons (Fsp3) is 0.143. The number of hydrogen-bond acceptors (Lipinski definition) is 1. The first kappa shape index (κ1) is 6.43. The first-order chi connectivity index (χ1) is 4.43. The van der Waals surface area contributed by atoms with Crippen molar-refractivity contribution in [1.29, 1.82) is 0 Å². The molecule has 1 aromatic carbocycles. The van der Waals surface area contributed by atoms with Gasteiger partial charge in [0.25, 0.3) is 0 Å². The van der Waals surface area contributed by atoms with Crippen LogP contribution in [0.1, 0.15) is 0 Å². The topological polar surface area (TPSA) is 9.23 Å². The van der Waals surface area contributed by atoms with Crippen LogP contribution in [-0.4, -0.2) is 6.07 Å². The second kappa shape index (κ2) is 3.36. The molecule has 47 valence electrons. The first-order valence-corrected chi connectivity index (χ1v) is 3.12. The van der Waals surface area contributed by atoms with Crippen molar-refractivity contribution < 1.29 is 4.74 Å². The molecule has 0 saturated heterocycles. The molecule has 0 aliphatic heterocycles. The van der Waals surface area contributed by atoms with Crippen LogP contribution < -0.4 is 4.74 Å². The molecule has 0 atom stereocenters. The molecule has 2 heteroatoms. The highest BCUT2D eigenvalue weighted by molar-refractivity contribution is 6.17. The SMILES string of the molecule is ClCOc1c[c]ccc1. The molecule has 1 radical (unpaired) electrons. The van der Waals surface area contributed by atoms with Gasteiger partial charge in [-0.3, -0.25) is 0 Å². The molecule has 0 bridgehead atoms. The van der Waals surface area contributed by atoms with Crippen LogP contribution >= 0.6 is 11.6 Å². The second-order valence-electron chi connectivity index (χ2n) is 1.49. The highest BCUT2D eigenvalue weighted by Crippen LogP contribution is 2.07. The Morgan fingerprint density at radius 1 is 1.67 bits per heavy atom. The third-order valence-electron chi connectivity index (χ3n) is 0.900. The zero-order chi connectivity index (χ0) is 6.53. The van der Waals surface area contributed by atoms with Crippen LogP contribution in [0.25, 0.3) is 0 Å². The van der Waals surface area contributed by atoms with Gasteiger partial charge < -0.3 is 4.74 Å². The minimum absolute atomic E-state index is 0.192. The fourth-order valence-electron chi connectivity index (χ4n) is 0.530. The number of ether oxygens (including phenoxy) is 1. The van der Waals surface area contributed by atoms with Crippen LogP contribution in [0, 0.1) is 6.07 Å². The molecule has 1 rings (SSSR count). The van der Waals surface area contributed by atoms with Crippen LogP contribution in [0.5, 0.6) is 5.75 Å². The van der Waals surface area contributed by atoms with Crippen molar-refractivity contribution >= 4 is 11.6 Å². The highest BCUT2D eigenvalue weighted by atomic mass is 35.5. The summed E-state index contributed by atoms with van der Waals surface area (Å²) < 4.78 is 4.94. The Kier molecular flexibility index (Phi) is 2.40. The Labute approximate surface area is 59.2 Å². The average molecular weight is 142 g/mol. The first-order valence-electron chi connectivity index (χ1n) is 2.58. The lowest BCUT2D eigenvalue weighted by molar-refractivity contribution is 0.388. The molecular formula is C7H6ClO. The maximum Gasteiger partial charge on any atom is 0.162 e. The molecule has 1 aromatic rings. The standard InChI is InChI=1S/C7H6ClO/c8-6-9-7-4-2-1-3-5-7/h1-2,4-5H,6H2. The van der Waals surface area contributed by atoms with Gasteiger partial charge in [-0.25, -0.2) is 0 Å². The van der Waals surface area contributed by atoms with E-state index >= 15 is 0 Å². The Morgan fingerprint density at radius 3 is 3.11 bits per heavy atom. The summed E-state index contributed by atoms with van der Waals surface area (Å²) in [7, 11) is 0. The zero-order valence-electron chi connectivity index (χ0n) is 4.80. The summed E-state index contributed by atoms with van der Waals surface area (Å²) >= 11 is 5.30. The Bertz CT molecular complexity index is 162. The van der Waals surface area contributed by atoms with Gasteiger partial charge in [-0.05, 0) is 18.2 Å². The van der Waals surface area contributed by atoms with Crippen molar-refractivity contribution in [2.24, 2.45) is 0 Å². The molecule has 0 saturated carbocycles.